The van der Waals surface area contributed by atoms with E-state index in [0.717, 1.165) is 46.6 Å². The van der Waals surface area contributed by atoms with Crippen LogP contribution in [0.15, 0.2) is 59.6 Å². The first-order valence-corrected chi connectivity index (χ1v) is 13.2. The minimum absolute atomic E-state index is 0.0241. The number of nitrogens with zero attached hydrogens (tertiary/aromatic N) is 3. The van der Waals surface area contributed by atoms with E-state index in [1.54, 1.807) is 31.1 Å². The van der Waals surface area contributed by atoms with Gasteiger partial charge < -0.3 is 19.8 Å². The minimum Gasteiger partial charge on any atom is -0.497 e. The zero-order chi connectivity index (χ0) is 25.5. The highest BCUT2D eigenvalue weighted by atomic mass is 32.2. The Morgan fingerprint density at radius 1 is 1.31 bits per heavy atom. The summed E-state index contributed by atoms with van der Waals surface area (Å²) in [5, 5.41) is 30.8. The van der Waals surface area contributed by atoms with Crippen LogP contribution in [-0.4, -0.2) is 58.6 Å². The second kappa shape index (κ2) is 12.2. The first-order chi connectivity index (χ1) is 17.5. The molecule has 1 aliphatic heterocycles. The van der Waals surface area contributed by atoms with Crippen molar-refractivity contribution in [3.8, 4) is 11.8 Å². The summed E-state index contributed by atoms with van der Waals surface area (Å²) in [6, 6.07) is 17.1. The van der Waals surface area contributed by atoms with E-state index in [4.69, 9.17) is 10.00 Å². The Morgan fingerprint density at radius 2 is 2.17 bits per heavy atom. The molecule has 0 radical (unpaired) electrons. The first kappa shape index (κ1) is 26.0. The summed E-state index contributed by atoms with van der Waals surface area (Å²) in [4.78, 5) is 19.7. The lowest BCUT2D eigenvalue weighted by Gasteiger charge is -2.37. The average molecular weight is 506 g/mol. The zero-order valence-corrected chi connectivity index (χ0v) is 21.2. The van der Waals surface area contributed by atoms with Gasteiger partial charge in [0.1, 0.15) is 5.75 Å². The summed E-state index contributed by atoms with van der Waals surface area (Å²) in [6.45, 7) is 2.16. The van der Waals surface area contributed by atoms with E-state index < -0.39 is 18.0 Å². The number of pyridine rings is 1. The number of carbonyl (C=O) groups is 1. The first-order valence-electron chi connectivity index (χ1n) is 12.2. The molecule has 0 unspecified atom stereocenters. The molecular formula is C28H31N3O4S. The van der Waals surface area contributed by atoms with Gasteiger partial charge in [0.25, 0.3) is 0 Å². The maximum absolute atomic E-state index is 12.1. The fourth-order valence-electron chi connectivity index (χ4n) is 4.94. The van der Waals surface area contributed by atoms with Crippen LogP contribution in [0.2, 0.25) is 0 Å². The summed E-state index contributed by atoms with van der Waals surface area (Å²) in [6.07, 6.45) is 2.94. The van der Waals surface area contributed by atoms with Crippen LogP contribution >= 0.6 is 11.8 Å². The highest BCUT2D eigenvalue weighted by molar-refractivity contribution is 7.99. The topological polar surface area (TPSA) is 107 Å². The number of aliphatic hydroxyl groups is 1. The Bertz CT molecular complexity index is 1240. The lowest BCUT2D eigenvalue weighted by molar-refractivity contribution is -0.146. The van der Waals surface area contributed by atoms with Crippen LogP contribution in [0.5, 0.6) is 5.75 Å². The van der Waals surface area contributed by atoms with E-state index in [-0.39, 0.29) is 5.92 Å². The third kappa shape index (κ3) is 6.35. The van der Waals surface area contributed by atoms with Crippen molar-refractivity contribution < 1.29 is 19.7 Å². The van der Waals surface area contributed by atoms with Crippen LogP contribution in [0.3, 0.4) is 0 Å². The van der Waals surface area contributed by atoms with Crippen molar-refractivity contribution in [2.75, 3.05) is 32.5 Å². The molecule has 1 saturated heterocycles. The van der Waals surface area contributed by atoms with Gasteiger partial charge in [0, 0.05) is 35.3 Å². The summed E-state index contributed by atoms with van der Waals surface area (Å²) < 4.78 is 5.33. The van der Waals surface area contributed by atoms with Crippen LogP contribution < -0.4 is 4.74 Å². The SMILES string of the molecule is COc1ccc2nccc([C@H](O)CC[C@@H]3CCN(CCSc4cccc(C#N)c4)C[C@@H]3C(=O)O)c2c1. The number of hydrogen-bond acceptors (Lipinski definition) is 7. The Morgan fingerprint density at radius 3 is 2.94 bits per heavy atom. The number of hydrogen-bond donors (Lipinski definition) is 2. The van der Waals surface area contributed by atoms with E-state index in [0.29, 0.717) is 30.7 Å². The molecule has 0 bridgehead atoms. The number of carboxylic acids is 1. The third-order valence-corrected chi connectivity index (χ3v) is 7.92. The molecule has 188 valence electrons. The van der Waals surface area contributed by atoms with E-state index in [2.05, 4.69) is 16.0 Å². The quantitative estimate of drug-likeness (QED) is 0.381. The second-order valence-corrected chi connectivity index (χ2v) is 10.3. The number of aromatic nitrogens is 1. The number of aliphatic hydroxyl groups excluding tert-OH is 1. The molecule has 2 heterocycles. The maximum Gasteiger partial charge on any atom is 0.308 e. The Kier molecular flexibility index (Phi) is 8.81. The average Bonchev–Trinajstić information content (AvgIpc) is 2.91. The van der Waals surface area contributed by atoms with Crippen LogP contribution in [0.1, 0.15) is 36.5 Å². The monoisotopic (exact) mass is 505 g/mol. The second-order valence-electron chi connectivity index (χ2n) is 9.16. The predicted octanol–water partition coefficient (Wildman–Crippen LogP) is 4.74. The van der Waals surface area contributed by atoms with E-state index in [1.807, 2.05) is 42.5 Å². The van der Waals surface area contributed by atoms with E-state index in [9.17, 15) is 15.0 Å². The molecule has 4 rings (SSSR count). The van der Waals surface area contributed by atoms with E-state index in [1.165, 1.54) is 0 Å². The van der Waals surface area contributed by atoms with Gasteiger partial charge in [0.05, 0.1) is 36.3 Å². The molecule has 3 atom stereocenters. The predicted molar refractivity (Wildman–Crippen MR) is 140 cm³/mol. The third-order valence-electron chi connectivity index (χ3n) is 6.95. The van der Waals surface area contributed by atoms with Gasteiger partial charge in [0.2, 0.25) is 0 Å². The Hall–Kier alpha value is -3.12. The summed E-state index contributed by atoms with van der Waals surface area (Å²) in [5.74, 6) is 0.345. The molecule has 2 aromatic carbocycles. The lowest BCUT2D eigenvalue weighted by atomic mass is 9.81. The number of piperidine rings is 1. The molecule has 1 aliphatic rings. The van der Waals surface area contributed by atoms with Gasteiger partial charge in [0.15, 0.2) is 0 Å². The van der Waals surface area contributed by atoms with Crippen molar-refractivity contribution in [3.63, 3.8) is 0 Å². The summed E-state index contributed by atoms with van der Waals surface area (Å²) in [7, 11) is 1.61. The van der Waals surface area contributed by atoms with Crippen molar-refractivity contribution in [1.82, 2.24) is 9.88 Å². The normalized spacial score (nSPS) is 19.0. The number of fused-ring (bicyclic) bond motifs is 1. The van der Waals surface area contributed by atoms with Gasteiger partial charge in [-0.05, 0) is 79.8 Å². The van der Waals surface area contributed by atoms with Gasteiger partial charge in [-0.2, -0.15) is 5.26 Å². The van der Waals surface area contributed by atoms with Crippen LogP contribution in [0.4, 0.5) is 0 Å². The summed E-state index contributed by atoms with van der Waals surface area (Å²) in [5.41, 5.74) is 2.23. The molecule has 0 aliphatic carbocycles. The number of ether oxygens (including phenoxy) is 1. The standard InChI is InChI=1S/C28H31N3O4S/c1-35-21-6-7-26-24(16-21)23(9-11-30-26)27(32)8-5-20-10-12-31(18-25(20)28(33)34)13-14-36-22-4-2-3-19(15-22)17-29/h2-4,6-7,9,11,15-16,20,25,27,32H,5,8,10,12-14,18H2,1H3,(H,33,34)/t20-,25+,27-/m1/s1. The van der Waals surface area contributed by atoms with Crippen LogP contribution in [-0.2, 0) is 4.79 Å². The molecular weight excluding hydrogens is 474 g/mol. The van der Waals surface area contributed by atoms with Crippen molar-refractivity contribution in [2.45, 2.75) is 30.3 Å². The molecule has 7 nitrogen and oxygen atoms in total. The molecule has 0 amide bonds. The molecule has 1 fully saturated rings. The number of nitriles is 1. The number of rotatable bonds is 10. The fraction of sp³-hybridized carbons (Fsp3) is 0.393. The smallest absolute Gasteiger partial charge is 0.308 e. The van der Waals surface area contributed by atoms with E-state index >= 15 is 0 Å². The largest absolute Gasteiger partial charge is 0.497 e. The molecule has 8 heteroatoms. The van der Waals surface area contributed by atoms with Crippen molar-refractivity contribution in [2.24, 2.45) is 11.8 Å². The lowest BCUT2D eigenvalue weighted by Crippen LogP contribution is -2.44. The molecule has 1 aromatic heterocycles. The van der Waals surface area contributed by atoms with Crippen LogP contribution in [0, 0.1) is 23.2 Å². The zero-order valence-electron chi connectivity index (χ0n) is 20.3. The molecule has 3 aromatic rings. The number of methoxy groups -OCH3 is 1. The van der Waals surface area contributed by atoms with Crippen molar-refractivity contribution >= 4 is 28.6 Å². The van der Waals surface area contributed by atoms with Crippen molar-refractivity contribution in [1.29, 1.82) is 5.26 Å². The number of likely N-dealkylation sites (tertiary alicyclic amines) is 1. The van der Waals surface area contributed by atoms with Gasteiger partial charge in [-0.1, -0.05) is 6.07 Å². The molecule has 0 spiro atoms. The van der Waals surface area contributed by atoms with Crippen molar-refractivity contribution in [3.05, 3.63) is 65.9 Å². The number of carboxylic acid groups (broad SMARTS) is 1. The molecule has 2 N–H and O–H groups in total. The molecule has 0 saturated carbocycles. The molecule has 36 heavy (non-hydrogen) atoms. The Labute approximate surface area is 215 Å². The van der Waals surface area contributed by atoms with Gasteiger partial charge in [-0.15, -0.1) is 11.8 Å². The number of benzene rings is 2. The fourth-order valence-corrected chi connectivity index (χ4v) is 5.91. The number of thioether (sulfide) groups is 1. The Balaban J connectivity index is 1.33. The number of aliphatic carboxylic acids is 1. The van der Waals surface area contributed by atoms with Gasteiger partial charge in [-0.3, -0.25) is 9.78 Å². The highest BCUT2D eigenvalue weighted by Crippen LogP contribution is 2.34. The van der Waals surface area contributed by atoms with Gasteiger partial charge in [-0.25, -0.2) is 0 Å². The minimum atomic E-state index is -0.771. The van der Waals surface area contributed by atoms with Gasteiger partial charge >= 0.3 is 5.97 Å². The highest BCUT2D eigenvalue weighted by Gasteiger charge is 2.34. The maximum atomic E-state index is 12.1. The van der Waals surface area contributed by atoms with Crippen LogP contribution in [0.25, 0.3) is 10.9 Å². The summed E-state index contributed by atoms with van der Waals surface area (Å²) >= 11 is 1.68.